The Morgan fingerprint density at radius 3 is 2.93 bits per heavy atom. The van der Waals surface area contributed by atoms with Gasteiger partial charge in [0.1, 0.15) is 5.75 Å². The molecule has 1 aliphatic rings. The van der Waals surface area contributed by atoms with Crippen molar-refractivity contribution >= 4 is 5.69 Å². The van der Waals surface area contributed by atoms with Crippen molar-refractivity contribution in [3.05, 3.63) is 48.2 Å². The van der Waals surface area contributed by atoms with Crippen molar-refractivity contribution in [3.63, 3.8) is 0 Å². The van der Waals surface area contributed by atoms with E-state index < -0.39 is 0 Å². The lowest BCUT2D eigenvalue weighted by molar-refractivity contribution is 0.475. The van der Waals surface area contributed by atoms with Gasteiger partial charge in [-0.25, -0.2) is 0 Å². The molecule has 0 amide bonds. The molecule has 1 aliphatic heterocycles. The molecule has 2 rings (SSSR count). The van der Waals surface area contributed by atoms with Crippen LogP contribution in [0, 0.1) is 0 Å². The summed E-state index contributed by atoms with van der Waals surface area (Å²) < 4.78 is 0. The van der Waals surface area contributed by atoms with Gasteiger partial charge in [-0.15, -0.1) is 0 Å². The molecule has 72 valence electrons. The number of anilines is 1. The molecule has 0 saturated heterocycles. The molecule has 0 aromatic heterocycles. The van der Waals surface area contributed by atoms with Crippen LogP contribution < -0.4 is 4.90 Å². The van der Waals surface area contributed by atoms with Crippen molar-refractivity contribution in [2.75, 3.05) is 11.4 Å². The van der Waals surface area contributed by atoms with Crippen LogP contribution in [0.1, 0.15) is 6.92 Å². The molecule has 14 heavy (non-hydrogen) atoms. The van der Waals surface area contributed by atoms with Crippen LogP contribution in [0.15, 0.2) is 48.2 Å². The smallest absolute Gasteiger partial charge is 0.117 e. The first-order chi connectivity index (χ1) is 6.75. The predicted molar refractivity (Wildman–Crippen MR) is 58.3 cm³/mol. The van der Waals surface area contributed by atoms with E-state index in [1.54, 1.807) is 12.1 Å². The number of hydrogen-bond donors (Lipinski definition) is 1. The molecule has 0 radical (unpaired) electrons. The molecule has 0 saturated carbocycles. The van der Waals surface area contributed by atoms with Crippen LogP contribution in [0.25, 0.3) is 0 Å². The second-order valence-corrected chi connectivity index (χ2v) is 3.45. The zero-order valence-corrected chi connectivity index (χ0v) is 8.14. The van der Waals surface area contributed by atoms with Crippen LogP contribution in [0.5, 0.6) is 5.75 Å². The van der Waals surface area contributed by atoms with Crippen LogP contribution in [0.2, 0.25) is 0 Å². The van der Waals surface area contributed by atoms with E-state index in [0.29, 0.717) is 5.75 Å². The average molecular weight is 187 g/mol. The van der Waals surface area contributed by atoms with Crippen molar-refractivity contribution in [1.29, 1.82) is 0 Å². The van der Waals surface area contributed by atoms with Gasteiger partial charge in [-0.2, -0.15) is 0 Å². The first-order valence-corrected chi connectivity index (χ1v) is 4.66. The Bertz CT molecular complexity index is 393. The van der Waals surface area contributed by atoms with Gasteiger partial charge in [0, 0.05) is 24.5 Å². The first kappa shape index (κ1) is 8.88. The fourth-order valence-electron chi connectivity index (χ4n) is 1.55. The van der Waals surface area contributed by atoms with Crippen LogP contribution in [-0.4, -0.2) is 11.7 Å². The Morgan fingerprint density at radius 1 is 1.36 bits per heavy atom. The number of phenolic OH excluding ortho intramolecular Hbond substituents is 1. The number of benzene rings is 1. The van der Waals surface area contributed by atoms with E-state index in [9.17, 15) is 5.11 Å². The molecule has 2 heteroatoms. The number of aromatic hydroxyl groups is 1. The first-order valence-electron chi connectivity index (χ1n) is 4.66. The van der Waals surface area contributed by atoms with Crippen LogP contribution in [0.3, 0.4) is 0 Å². The van der Waals surface area contributed by atoms with Crippen LogP contribution >= 0.6 is 0 Å². The summed E-state index contributed by atoms with van der Waals surface area (Å²) in [5.74, 6) is 0.308. The summed E-state index contributed by atoms with van der Waals surface area (Å²) >= 11 is 0. The molecule has 0 fully saturated rings. The highest BCUT2D eigenvalue weighted by Crippen LogP contribution is 2.22. The zero-order valence-electron chi connectivity index (χ0n) is 8.14. The van der Waals surface area contributed by atoms with Crippen molar-refractivity contribution < 1.29 is 5.11 Å². The molecule has 0 spiro atoms. The van der Waals surface area contributed by atoms with Crippen molar-refractivity contribution in [2.45, 2.75) is 6.92 Å². The van der Waals surface area contributed by atoms with Crippen molar-refractivity contribution in [3.8, 4) is 5.75 Å². The van der Waals surface area contributed by atoms with E-state index in [1.807, 2.05) is 12.1 Å². The van der Waals surface area contributed by atoms with E-state index in [2.05, 4.69) is 30.2 Å². The van der Waals surface area contributed by atoms with Crippen molar-refractivity contribution in [1.82, 2.24) is 0 Å². The largest absolute Gasteiger partial charge is 0.508 e. The molecule has 1 aromatic rings. The molecule has 0 bridgehead atoms. The van der Waals surface area contributed by atoms with E-state index in [4.69, 9.17) is 0 Å². The minimum absolute atomic E-state index is 0.308. The average Bonchev–Trinajstić information content (AvgIpc) is 2.18. The molecule has 0 aliphatic carbocycles. The third-order valence-corrected chi connectivity index (χ3v) is 2.20. The lowest BCUT2D eigenvalue weighted by Gasteiger charge is -2.22. The summed E-state index contributed by atoms with van der Waals surface area (Å²) in [7, 11) is 0. The Kier molecular flexibility index (Phi) is 2.27. The van der Waals surface area contributed by atoms with Gasteiger partial charge in [-0.05, 0) is 24.6 Å². The normalized spacial score (nSPS) is 15.5. The summed E-state index contributed by atoms with van der Waals surface area (Å²) in [5, 5.41) is 9.34. The fraction of sp³-hybridized carbons (Fsp3) is 0.167. The Morgan fingerprint density at radius 2 is 2.21 bits per heavy atom. The molecular weight excluding hydrogens is 174 g/mol. The van der Waals surface area contributed by atoms with Gasteiger partial charge < -0.3 is 10.0 Å². The van der Waals surface area contributed by atoms with Gasteiger partial charge in [0.05, 0.1) is 0 Å². The van der Waals surface area contributed by atoms with Gasteiger partial charge in [-0.1, -0.05) is 18.2 Å². The molecule has 1 heterocycles. The number of hydrogen-bond acceptors (Lipinski definition) is 2. The number of rotatable bonds is 1. The second-order valence-electron chi connectivity index (χ2n) is 3.45. The van der Waals surface area contributed by atoms with Crippen LogP contribution in [-0.2, 0) is 0 Å². The maximum Gasteiger partial charge on any atom is 0.117 e. The minimum atomic E-state index is 0.308. The third kappa shape index (κ3) is 1.79. The van der Waals surface area contributed by atoms with Gasteiger partial charge in [-0.3, -0.25) is 0 Å². The van der Waals surface area contributed by atoms with Gasteiger partial charge in [0.15, 0.2) is 0 Å². The number of phenols is 1. The molecule has 1 N–H and O–H groups in total. The summed E-state index contributed by atoms with van der Waals surface area (Å²) in [6.45, 7) is 2.92. The molecular formula is C12H13NO. The van der Waals surface area contributed by atoms with E-state index in [-0.39, 0.29) is 0 Å². The monoisotopic (exact) mass is 187 g/mol. The summed E-state index contributed by atoms with van der Waals surface area (Å²) in [4.78, 5) is 2.11. The number of nitrogens with zero attached hydrogens (tertiary/aromatic N) is 1. The van der Waals surface area contributed by atoms with Gasteiger partial charge in [0.25, 0.3) is 0 Å². The zero-order chi connectivity index (χ0) is 9.97. The lowest BCUT2D eigenvalue weighted by Crippen LogP contribution is -2.18. The van der Waals surface area contributed by atoms with Gasteiger partial charge >= 0.3 is 0 Å². The number of allylic oxidation sites excluding steroid dienone is 2. The highest BCUT2D eigenvalue weighted by atomic mass is 16.3. The van der Waals surface area contributed by atoms with E-state index in [1.165, 1.54) is 5.57 Å². The quantitative estimate of drug-likeness (QED) is 0.730. The van der Waals surface area contributed by atoms with Gasteiger partial charge in [0.2, 0.25) is 0 Å². The molecule has 0 unspecified atom stereocenters. The Hall–Kier alpha value is -1.70. The minimum Gasteiger partial charge on any atom is -0.508 e. The summed E-state index contributed by atoms with van der Waals surface area (Å²) in [6.07, 6.45) is 6.29. The highest BCUT2D eigenvalue weighted by molar-refractivity contribution is 5.55. The molecule has 0 atom stereocenters. The predicted octanol–water partition coefficient (Wildman–Crippen LogP) is 2.67. The maximum atomic E-state index is 9.34. The van der Waals surface area contributed by atoms with Crippen LogP contribution in [0.4, 0.5) is 5.69 Å². The highest BCUT2D eigenvalue weighted by Gasteiger charge is 2.05. The topological polar surface area (TPSA) is 23.5 Å². The summed E-state index contributed by atoms with van der Waals surface area (Å²) in [5.41, 5.74) is 2.24. The SMILES string of the molecule is CC1=CN(c2cccc(O)c2)CC=C1. The van der Waals surface area contributed by atoms with Crippen molar-refractivity contribution in [2.24, 2.45) is 0 Å². The van der Waals surface area contributed by atoms with E-state index >= 15 is 0 Å². The third-order valence-electron chi connectivity index (χ3n) is 2.20. The summed E-state index contributed by atoms with van der Waals surface area (Å²) in [6, 6.07) is 7.29. The molecule has 2 nitrogen and oxygen atoms in total. The maximum absolute atomic E-state index is 9.34. The fourth-order valence-corrected chi connectivity index (χ4v) is 1.55. The molecule has 1 aromatic carbocycles. The second kappa shape index (κ2) is 3.58. The Balaban J connectivity index is 2.28. The lowest BCUT2D eigenvalue weighted by atomic mass is 10.2. The Labute approximate surface area is 83.8 Å². The standard InChI is InChI=1S/C12H13NO/c1-10-4-3-7-13(9-10)11-5-2-6-12(14)8-11/h2-6,8-9,14H,7H2,1H3. The van der Waals surface area contributed by atoms with E-state index in [0.717, 1.165) is 12.2 Å².